The fourth-order valence-corrected chi connectivity index (χ4v) is 4.73. The fourth-order valence-electron chi connectivity index (χ4n) is 4.73. The molecule has 0 bridgehead atoms. The molecular formula is C24H41IN4O2. The number of benzene rings is 1. The molecule has 31 heavy (non-hydrogen) atoms. The summed E-state index contributed by atoms with van der Waals surface area (Å²) in [6, 6.07) is 11.6. The molecule has 0 aliphatic carbocycles. The summed E-state index contributed by atoms with van der Waals surface area (Å²) in [5.41, 5.74) is 1.43. The van der Waals surface area contributed by atoms with Gasteiger partial charge in [0.25, 0.3) is 0 Å². The lowest BCUT2D eigenvalue weighted by Crippen LogP contribution is -2.56. The molecule has 2 heterocycles. The van der Waals surface area contributed by atoms with E-state index in [0.29, 0.717) is 19.3 Å². The van der Waals surface area contributed by atoms with Crippen molar-refractivity contribution >= 4 is 29.9 Å². The molecule has 176 valence electrons. The molecule has 1 aromatic carbocycles. The van der Waals surface area contributed by atoms with Gasteiger partial charge in [0.1, 0.15) is 0 Å². The SMILES string of the molecule is CCNC(=NCCCOCCOC)N1CCC2C(CCCN2Cc2ccccc2)C1.I. The molecule has 0 radical (unpaired) electrons. The molecule has 0 amide bonds. The molecule has 2 aliphatic heterocycles. The number of nitrogens with zero attached hydrogens (tertiary/aromatic N) is 3. The van der Waals surface area contributed by atoms with Gasteiger partial charge >= 0.3 is 0 Å². The maximum atomic E-state index is 5.56. The standard InChI is InChI=1S/C24H40N4O2.HI/c1-3-25-24(26-13-8-16-30-18-17-29-2)28-15-12-23-22(20-28)11-7-14-27(23)19-21-9-5-4-6-10-21;/h4-6,9-10,22-23H,3,7-8,11-20H2,1-2H3,(H,25,26);1H. The zero-order valence-corrected chi connectivity index (χ0v) is 21.6. The van der Waals surface area contributed by atoms with Gasteiger partial charge in [0.15, 0.2) is 5.96 Å². The number of guanidine groups is 1. The lowest BCUT2D eigenvalue weighted by atomic mass is 9.83. The van der Waals surface area contributed by atoms with Crippen molar-refractivity contribution in [2.24, 2.45) is 10.9 Å². The number of hydrogen-bond acceptors (Lipinski definition) is 4. The van der Waals surface area contributed by atoms with Crippen LogP contribution >= 0.6 is 24.0 Å². The molecule has 0 spiro atoms. The van der Waals surface area contributed by atoms with Crippen LogP contribution in [0.1, 0.15) is 38.2 Å². The molecule has 2 fully saturated rings. The topological polar surface area (TPSA) is 49.3 Å². The monoisotopic (exact) mass is 544 g/mol. The Morgan fingerprint density at radius 1 is 1.13 bits per heavy atom. The Labute approximate surface area is 205 Å². The summed E-state index contributed by atoms with van der Waals surface area (Å²) in [5.74, 6) is 1.81. The molecule has 6 nitrogen and oxygen atoms in total. The van der Waals surface area contributed by atoms with Crippen molar-refractivity contribution in [2.45, 2.75) is 45.2 Å². The first-order valence-corrected chi connectivity index (χ1v) is 11.7. The van der Waals surface area contributed by atoms with Crippen LogP contribution < -0.4 is 5.32 Å². The van der Waals surface area contributed by atoms with Crippen LogP contribution in [0.3, 0.4) is 0 Å². The molecule has 0 aromatic heterocycles. The van der Waals surface area contributed by atoms with Crippen molar-refractivity contribution in [1.29, 1.82) is 0 Å². The van der Waals surface area contributed by atoms with Crippen LogP contribution in [0.15, 0.2) is 35.3 Å². The lowest BCUT2D eigenvalue weighted by Gasteiger charge is -2.48. The normalized spacial score (nSPS) is 22.0. The van der Waals surface area contributed by atoms with Crippen LogP contribution in [0.5, 0.6) is 0 Å². The van der Waals surface area contributed by atoms with Gasteiger partial charge in [-0.3, -0.25) is 9.89 Å². The Balaban J connectivity index is 0.00000341. The lowest BCUT2D eigenvalue weighted by molar-refractivity contribution is 0.0372. The third kappa shape index (κ3) is 8.51. The highest BCUT2D eigenvalue weighted by Gasteiger charge is 2.36. The van der Waals surface area contributed by atoms with Crippen molar-refractivity contribution in [1.82, 2.24) is 15.1 Å². The molecule has 1 N–H and O–H groups in total. The summed E-state index contributed by atoms with van der Waals surface area (Å²) >= 11 is 0. The number of likely N-dealkylation sites (tertiary alicyclic amines) is 2. The van der Waals surface area contributed by atoms with E-state index in [1.165, 1.54) is 31.4 Å². The second kappa shape index (κ2) is 15.0. The van der Waals surface area contributed by atoms with Gasteiger partial charge in [-0.15, -0.1) is 24.0 Å². The summed E-state index contributed by atoms with van der Waals surface area (Å²) < 4.78 is 10.6. The van der Waals surface area contributed by atoms with Crippen molar-refractivity contribution in [3.63, 3.8) is 0 Å². The van der Waals surface area contributed by atoms with Gasteiger partial charge in [-0.05, 0) is 50.6 Å². The summed E-state index contributed by atoms with van der Waals surface area (Å²) in [6.45, 7) is 10.4. The Hall–Kier alpha value is -0.900. The minimum atomic E-state index is 0. The van der Waals surface area contributed by atoms with Gasteiger partial charge in [-0.2, -0.15) is 0 Å². The molecule has 2 saturated heterocycles. The largest absolute Gasteiger partial charge is 0.382 e. The number of nitrogens with one attached hydrogen (secondary N) is 1. The summed E-state index contributed by atoms with van der Waals surface area (Å²) in [7, 11) is 1.70. The molecule has 2 atom stereocenters. The molecule has 2 unspecified atom stereocenters. The van der Waals surface area contributed by atoms with E-state index in [9.17, 15) is 0 Å². The minimum Gasteiger partial charge on any atom is -0.382 e. The average Bonchev–Trinajstić information content (AvgIpc) is 2.78. The van der Waals surface area contributed by atoms with E-state index in [0.717, 1.165) is 57.6 Å². The first kappa shape index (κ1) is 26.4. The van der Waals surface area contributed by atoms with E-state index in [-0.39, 0.29) is 24.0 Å². The fraction of sp³-hybridized carbons (Fsp3) is 0.708. The van der Waals surface area contributed by atoms with Gasteiger partial charge in [0.05, 0.1) is 13.2 Å². The van der Waals surface area contributed by atoms with E-state index in [2.05, 4.69) is 52.4 Å². The number of hydrogen-bond donors (Lipinski definition) is 1. The van der Waals surface area contributed by atoms with Gasteiger partial charge in [0, 0.05) is 52.5 Å². The van der Waals surface area contributed by atoms with Crippen molar-refractivity contribution < 1.29 is 9.47 Å². The van der Waals surface area contributed by atoms with Crippen LogP contribution in [0.4, 0.5) is 0 Å². The summed E-state index contributed by atoms with van der Waals surface area (Å²) in [6.07, 6.45) is 4.80. The van der Waals surface area contributed by atoms with Crippen LogP contribution in [0.25, 0.3) is 0 Å². The number of halogens is 1. The van der Waals surface area contributed by atoms with E-state index in [1.807, 2.05) is 0 Å². The summed E-state index contributed by atoms with van der Waals surface area (Å²) in [4.78, 5) is 10.1. The van der Waals surface area contributed by atoms with E-state index in [1.54, 1.807) is 7.11 Å². The van der Waals surface area contributed by atoms with Gasteiger partial charge in [0.2, 0.25) is 0 Å². The molecule has 2 aliphatic rings. The van der Waals surface area contributed by atoms with Gasteiger partial charge < -0.3 is 19.7 Å². The van der Waals surface area contributed by atoms with Gasteiger partial charge in [-0.25, -0.2) is 0 Å². The number of piperidine rings is 2. The quantitative estimate of drug-likeness (QED) is 0.211. The molecule has 3 rings (SSSR count). The maximum absolute atomic E-state index is 5.56. The number of aliphatic imine (C=N–C) groups is 1. The third-order valence-corrected chi connectivity index (χ3v) is 6.19. The Bertz CT molecular complexity index is 631. The zero-order valence-electron chi connectivity index (χ0n) is 19.3. The maximum Gasteiger partial charge on any atom is 0.193 e. The number of fused-ring (bicyclic) bond motifs is 1. The van der Waals surface area contributed by atoms with Crippen molar-refractivity contribution in [3.05, 3.63) is 35.9 Å². The van der Waals surface area contributed by atoms with Crippen molar-refractivity contribution in [2.75, 3.05) is 59.7 Å². The van der Waals surface area contributed by atoms with Crippen LogP contribution in [-0.4, -0.2) is 81.5 Å². The highest BCUT2D eigenvalue weighted by molar-refractivity contribution is 14.0. The highest BCUT2D eigenvalue weighted by atomic mass is 127. The van der Waals surface area contributed by atoms with Gasteiger partial charge in [-0.1, -0.05) is 30.3 Å². The third-order valence-electron chi connectivity index (χ3n) is 6.19. The minimum absolute atomic E-state index is 0. The highest BCUT2D eigenvalue weighted by Crippen LogP contribution is 2.31. The molecule has 7 heteroatoms. The Kier molecular flexibility index (Phi) is 12.8. The number of methoxy groups -OCH3 is 1. The predicted molar refractivity (Wildman–Crippen MR) is 138 cm³/mol. The first-order valence-electron chi connectivity index (χ1n) is 11.7. The van der Waals surface area contributed by atoms with E-state index >= 15 is 0 Å². The Morgan fingerprint density at radius 3 is 2.74 bits per heavy atom. The molecular weight excluding hydrogens is 503 g/mol. The second-order valence-electron chi connectivity index (χ2n) is 8.35. The average molecular weight is 545 g/mol. The summed E-state index contributed by atoms with van der Waals surface area (Å²) in [5, 5.41) is 3.51. The predicted octanol–water partition coefficient (Wildman–Crippen LogP) is 3.61. The molecule has 0 saturated carbocycles. The van der Waals surface area contributed by atoms with Crippen molar-refractivity contribution in [3.8, 4) is 0 Å². The van der Waals surface area contributed by atoms with Crippen LogP contribution in [-0.2, 0) is 16.0 Å². The second-order valence-corrected chi connectivity index (χ2v) is 8.35. The first-order chi connectivity index (χ1) is 14.8. The smallest absolute Gasteiger partial charge is 0.193 e. The molecule has 1 aromatic rings. The van der Waals surface area contributed by atoms with E-state index in [4.69, 9.17) is 14.5 Å². The van der Waals surface area contributed by atoms with Crippen LogP contribution in [0.2, 0.25) is 0 Å². The number of ether oxygens (including phenoxy) is 2. The van der Waals surface area contributed by atoms with E-state index < -0.39 is 0 Å². The Morgan fingerprint density at radius 2 is 1.97 bits per heavy atom. The van der Waals surface area contributed by atoms with Crippen LogP contribution in [0, 0.1) is 5.92 Å². The zero-order chi connectivity index (χ0) is 21.0. The number of rotatable bonds is 10.